The molecule has 3 heterocycles. The molecule has 1 fully saturated rings. The van der Waals surface area contributed by atoms with Gasteiger partial charge in [0.15, 0.2) is 0 Å². The van der Waals surface area contributed by atoms with Gasteiger partial charge in [0.25, 0.3) is 0 Å². The van der Waals surface area contributed by atoms with E-state index >= 15 is 0 Å². The molecule has 4 heteroatoms. The lowest BCUT2D eigenvalue weighted by molar-refractivity contribution is 0.276. The van der Waals surface area contributed by atoms with Gasteiger partial charge in [-0.15, -0.1) is 0 Å². The highest BCUT2D eigenvalue weighted by molar-refractivity contribution is 5.75. The van der Waals surface area contributed by atoms with E-state index in [1.54, 1.807) is 0 Å². The van der Waals surface area contributed by atoms with Gasteiger partial charge in [0.1, 0.15) is 11.3 Å². The first-order valence-corrected chi connectivity index (χ1v) is 7.71. The summed E-state index contributed by atoms with van der Waals surface area (Å²) in [6.07, 6.45) is 7.33. The molecule has 1 atom stereocenters. The van der Waals surface area contributed by atoms with Crippen LogP contribution in [-0.4, -0.2) is 27.6 Å². The van der Waals surface area contributed by atoms with E-state index in [1.165, 1.54) is 24.2 Å². The van der Waals surface area contributed by atoms with Crippen LogP contribution in [0.2, 0.25) is 0 Å². The highest BCUT2D eigenvalue weighted by Gasteiger charge is 2.37. The molecule has 108 valence electrons. The van der Waals surface area contributed by atoms with E-state index in [0.717, 1.165) is 25.0 Å². The molecule has 2 aromatic heterocycles. The van der Waals surface area contributed by atoms with Crippen LogP contribution in [0, 0.1) is 0 Å². The zero-order chi connectivity index (χ0) is 14.2. The lowest BCUT2D eigenvalue weighted by Gasteiger charge is -2.37. The molecular weight excluding hydrogens is 248 g/mol. The molecule has 0 radical (unpaired) electrons. The van der Waals surface area contributed by atoms with Crippen LogP contribution in [0.15, 0.2) is 18.5 Å². The Labute approximate surface area is 120 Å². The molecule has 2 aromatic rings. The highest BCUT2D eigenvalue weighted by Crippen LogP contribution is 2.37. The van der Waals surface area contributed by atoms with Crippen LogP contribution in [0.1, 0.15) is 51.9 Å². The van der Waals surface area contributed by atoms with Crippen LogP contribution in [-0.2, 0) is 5.41 Å². The summed E-state index contributed by atoms with van der Waals surface area (Å²) in [5, 5.41) is 3.57. The van der Waals surface area contributed by atoms with Gasteiger partial charge in [-0.05, 0) is 45.7 Å². The summed E-state index contributed by atoms with van der Waals surface area (Å²) >= 11 is 0. The van der Waals surface area contributed by atoms with Gasteiger partial charge in [-0.25, -0.2) is 4.98 Å². The molecule has 0 saturated carbocycles. The Morgan fingerprint density at radius 2 is 2.30 bits per heavy atom. The summed E-state index contributed by atoms with van der Waals surface area (Å²) in [5.74, 6) is 1.24. The summed E-state index contributed by atoms with van der Waals surface area (Å²) in [5.41, 5.74) is 2.40. The Balaban J connectivity index is 2.21. The number of imidazole rings is 1. The van der Waals surface area contributed by atoms with Crippen molar-refractivity contribution in [2.45, 2.75) is 51.5 Å². The summed E-state index contributed by atoms with van der Waals surface area (Å²) in [4.78, 5) is 9.19. The zero-order valence-corrected chi connectivity index (χ0v) is 12.7. The molecule has 0 bridgehead atoms. The fourth-order valence-electron chi connectivity index (χ4n) is 3.47. The van der Waals surface area contributed by atoms with Crippen molar-refractivity contribution in [1.82, 2.24) is 19.9 Å². The predicted octanol–water partition coefficient (Wildman–Crippen LogP) is 3.04. The Hall–Kier alpha value is -1.42. The van der Waals surface area contributed by atoms with Crippen LogP contribution in [0.3, 0.4) is 0 Å². The Morgan fingerprint density at radius 3 is 2.95 bits per heavy atom. The van der Waals surface area contributed by atoms with Gasteiger partial charge >= 0.3 is 0 Å². The third kappa shape index (κ3) is 2.03. The molecule has 0 aliphatic carbocycles. The number of rotatable bonds is 3. The van der Waals surface area contributed by atoms with Gasteiger partial charge in [0.2, 0.25) is 0 Å². The van der Waals surface area contributed by atoms with Crippen molar-refractivity contribution in [1.29, 1.82) is 0 Å². The number of nitrogens with one attached hydrogen (secondary N) is 1. The van der Waals surface area contributed by atoms with E-state index in [1.807, 2.05) is 12.4 Å². The van der Waals surface area contributed by atoms with E-state index in [-0.39, 0.29) is 5.41 Å². The van der Waals surface area contributed by atoms with E-state index in [9.17, 15) is 0 Å². The molecule has 0 spiro atoms. The van der Waals surface area contributed by atoms with Gasteiger partial charge in [-0.2, -0.15) is 0 Å². The minimum absolute atomic E-state index is 0.168. The van der Waals surface area contributed by atoms with Crippen molar-refractivity contribution in [2.75, 3.05) is 13.1 Å². The van der Waals surface area contributed by atoms with Crippen molar-refractivity contribution in [2.24, 2.45) is 0 Å². The number of pyridine rings is 1. The Kier molecular flexibility index (Phi) is 3.50. The summed E-state index contributed by atoms with van der Waals surface area (Å²) in [6.45, 7) is 8.93. The van der Waals surface area contributed by atoms with Gasteiger partial charge < -0.3 is 9.88 Å². The Bertz CT molecular complexity index is 594. The van der Waals surface area contributed by atoms with Crippen molar-refractivity contribution >= 4 is 11.0 Å². The van der Waals surface area contributed by atoms with E-state index < -0.39 is 0 Å². The average molecular weight is 272 g/mol. The molecule has 0 amide bonds. The van der Waals surface area contributed by atoms with Gasteiger partial charge in [0, 0.05) is 24.2 Å². The maximum absolute atomic E-state index is 4.96. The van der Waals surface area contributed by atoms with E-state index in [4.69, 9.17) is 4.98 Å². The number of fused-ring (bicyclic) bond motifs is 1. The van der Waals surface area contributed by atoms with Crippen LogP contribution >= 0.6 is 0 Å². The van der Waals surface area contributed by atoms with Crippen molar-refractivity contribution in [3.8, 4) is 0 Å². The standard InChI is InChI=1S/C16H24N4/c1-4-16(7-5-8-18-11-16)15-19-13-10-17-9-6-14(13)20(15)12(2)3/h6,9-10,12,18H,4-5,7-8,11H2,1-3H3. The lowest BCUT2D eigenvalue weighted by Crippen LogP contribution is -2.44. The second-order valence-electron chi connectivity index (χ2n) is 6.18. The Morgan fingerprint density at radius 1 is 1.45 bits per heavy atom. The molecule has 3 rings (SSSR count). The third-order valence-corrected chi connectivity index (χ3v) is 4.63. The van der Waals surface area contributed by atoms with Gasteiger partial charge in [-0.1, -0.05) is 6.92 Å². The lowest BCUT2D eigenvalue weighted by atomic mass is 9.77. The average Bonchev–Trinajstić information content (AvgIpc) is 2.88. The number of piperidine rings is 1. The molecule has 0 aromatic carbocycles. The minimum atomic E-state index is 0.168. The quantitative estimate of drug-likeness (QED) is 0.934. The first kappa shape index (κ1) is 13.6. The topological polar surface area (TPSA) is 42.7 Å². The number of hydrogen-bond donors (Lipinski definition) is 1. The van der Waals surface area contributed by atoms with Crippen molar-refractivity contribution in [3.05, 3.63) is 24.3 Å². The fraction of sp³-hybridized carbons (Fsp3) is 0.625. The maximum atomic E-state index is 4.96. The second kappa shape index (κ2) is 5.17. The summed E-state index contributed by atoms with van der Waals surface area (Å²) < 4.78 is 2.41. The minimum Gasteiger partial charge on any atom is -0.325 e. The highest BCUT2D eigenvalue weighted by atomic mass is 15.1. The molecule has 4 nitrogen and oxygen atoms in total. The largest absolute Gasteiger partial charge is 0.325 e. The molecular formula is C16H24N4. The van der Waals surface area contributed by atoms with E-state index in [2.05, 4.69) is 41.7 Å². The first-order valence-electron chi connectivity index (χ1n) is 7.71. The van der Waals surface area contributed by atoms with Crippen LogP contribution < -0.4 is 5.32 Å². The van der Waals surface area contributed by atoms with Crippen LogP contribution in [0.25, 0.3) is 11.0 Å². The fourth-order valence-corrected chi connectivity index (χ4v) is 3.47. The molecule has 1 aliphatic rings. The van der Waals surface area contributed by atoms with Crippen LogP contribution in [0.5, 0.6) is 0 Å². The summed E-state index contributed by atoms with van der Waals surface area (Å²) in [7, 11) is 0. The van der Waals surface area contributed by atoms with Gasteiger partial charge in [-0.3, -0.25) is 4.98 Å². The maximum Gasteiger partial charge on any atom is 0.117 e. The molecule has 1 unspecified atom stereocenters. The molecule has 20 heavy (non-hydrogen) atoms. The molecule has 1 aliphatic heterocycles. The molecule has 1 saturated heterocycles. The van der Waals surface area contributed by atoms with Crippen molar-refractivity contribution < 1.29 is 0 Å². The SMILES string of the molecule is CCC1(c2nc3cnccc3n2C(C)C)CCCNC1. The smallest absolute Gasteiger partial charge is 0.117 e. The zero-order valence-electron chi connectivity index (χ0n) is 12.7. The number of nitrogens with zero attached hydrogens (tertiary/aromatic N) is 3. The normalized spacial score (nSPS) is 23.6. The predicted molar refractivity (Wildman–Crippen MR) is 82.0 cm³/mol. The molecule has 1 N–H and O–H groups in total. The number of hydrogen-bond acceptors (Lipinski definition) is 3. The summed E-state index contributed by atoms with van der Waals surface area (Å²) in [6, 6.07) is 2.51. The van der Waals surface area contributed by atoms with Crippen LogP contribution in [0.4, 0.5) is 0 Å². The number of aromatic nitrogens is 3. The van der Waals surface area contributed by atoms with E-state index in [0.29, 0.717) is 6.04 Å². The monoisotopic (exact) mass is 272 g/mol. The second-order valence-corrected chi connectivity index (χ2v) is 6.18. The third-order valence-electron chi connectivity index (χ3n) is 4.63. The van der Waals surface area contributed by atoms with Gasteiger partial charge in [0.05, 0.1) is 11.7 Å². The van der Waals surface area contributed by atoms with Crippen molar-refractivity contribution in [3.63, 3.8) is 0 Å². The first-order chi connectivity index (χ1) is 9.68.